The molecule has 0 bridgehead atoms. The third kappa shape index (κ3) is 5.35. The number of carbonyl (C=O) groups is 1. The molecule has 1 heterocycles. The number of nitrogens with zero attached hydrogens (tertiary/aromatic N) is 2. The van der Waals surface area contributed by atoms with Crippen LogP contribution in [0.25, 0.3) is 0 Å². The number of fused-ring (bicyclic) bond motifs is 1. The molecule has 4 rings (SSSR count). The fourth-order valence-corrected chi connectivity index (χ4v) is 5.03. The van der Waals surface area contributed by atoms with E-state index >= 15 is 0 Å². The van der Waals surface area contributed by atoms with Gasteiger partial charge in [-0.15, -0.1) is 0 Å². The predicted molar refractivity (Wildman–Crippen MR) is 127 cm³/mol. The average molecular weight is 533 g/mol. The number of pyridine rings is 1. The summed E-state index contributed by atoms with van der Waals surface area (Å²) in [5, 5.41) is 8.95. The van der Waals surface area contributed by atoms with Crippen LogP contribution in [0.4, 0.5) is 5.69 Å². The molecule has 0 saturated heterocycles. The third-order valence-electron chi connectivity index (χ3n) is 5.24. The molecule has 33 heavy (non-hydrogen) atoms. The van der Waals surface area contributed by atoms with Crippen LogP contribution in [0, 0.1) is 0 Å². The molecule has 2 aromatic carbocycles. The molecule has 2 N–H and O–H groups in total. The maximum absolute atomic E-state index is 12.4. The largest absolute Gasteiger partial charge is 0.482 e. The molecule has 1 aliphatic carbocycles. The number of hydrogen-bond acceptors (Lipinski definition) is 5. The van der Waals surface area contributed by atoms with Crippen LogP contribution in [0.5, 0.6) is 17.4 Å². The van der Waals surface area contributed by atoms with Crippen LogP contribution >= 0.6 is 15.9 Å². The summed E-state index contributed by atoms with van der Waals surface area (Å²) in [6, 6.07) is 15.8. The molecule has 10 heteroatoms. The van der Waals surface area contributed by atoms with E-state index in [4.69, 9.17) is 14.6 Å². The van der Waals surface area contributed by atoms with Crippen LogP contribution < -0.4 is 13.8 Å². The first-order valence-corrected chi connectivity index (χ1v) is 12.0. The zero-order valence-electron chi connectivity index (χ0n) is 17.4. The Balaban J connectivity index is 1.65. The minimum atomic E-state index is -2.33. The third-order valence-corrected chi connectivity index (χ3v) is 6.61. The highest BCUT2D eigenvalue weighted by atomic mass is 79.9. The minimum absolute atomic E-state index is 0.335. The molecule has 2 unspecified atom stereocenters. The van der Waals surface area contributed by atoms with Crippen molar-refractivity contribution in [3.05, 3.63) is 76.4 Å². The molecule has 3 aromatic rings. The van der Waals surface area contributed by atoms with Gasteiger partial charge in [-0.2, -0.15) is 0 Å². The molecule has 172 valence electrons. The van der Waals surface area contributed by atoms with Gasteiger partial charge in [-0.3, -0.25) is 8.86 Å². The molecule has 2 atom stereocenters. The van der Waals surface area contributed by atoms with Crippen molar-refractivity contribution in [3.63, 3.8) is 0 Å². The van der Waals surface area contributed by atoms with Crippen molar-refractivity contribution < 1.29 is 28.1 Å². The van der Waals surface area contributed by atoms with Crippen molar-refractivity contribution in [2.45, 2.75) is 25.3 Å². The van der Waals surface area contributed by atoms with Gasteiger partial charge in [-0.1, -0.05) is 30.3 Å². The lowest BCUT2D eigenvalue weighted by Crippen LogP contribution is -2.33. The van der Waals surface area contributed by atoms with Crippen molar-refractivity contribution in [1.29, 1.82) is 0 Å². The summed E-state index contributed by atoms with van der Waals surface area (Å²) in [5.74, 6) is 0.374. The summed E-state index contributed by atoms with van der Waals surface area (Å²) in [6.07, 6.45) is 3.58. The smallest absolute Gasteiger partial charge is 0.341 e. The van der Waals surface area contributed by atoms with Gasteiger partial charge in [0.25, 0.3) is 11.3 Å². The van der Waals surface area contributed by atoms with Crippen LogP contribution in [0.15, 0.2) is 65.3 Å². The number of anilines is 1. The normalized spacial score (nSPS) is 15.9. The number of halogens is 1. The number of carboxylic acids is 1. The van der Waals surface area contributed by atoms with E-state index in [0.29, 0.717) is 40.4 Å². The average Bonchev–Trinajstić information content (AvgIpc) is 2.80. The van der Waals surface area contributed by atoms with Crippen molar-refractivity contribution >= 4 is 38.9 Å². The Kier molecular flexibility index (Phi) is 7.26. The molecule has 0 saturated carbocycles. The summed E-state index contributed by atoms with van der Waals surface area (Å²) in [4.78, 5) is 15.3. The predicted octanol–water partition coefficient (Wildman–Crippen LogP) is 5.12. The highest BCUT2D eigenvalue weighted by molar-refractivity contribution is 9.10. The second kappa shape index (κ2) is 10.3. The molecule has 1 aromatic heterocycles. The summed E-state index contributed by atoms with van der Waals surface area (Å²) in [6.45, 7) is -0.448. The Morgan fingerprint density at radius 2 is 2.00 bits per heavy atom. The maximum Gasteiger partial charge on any atom is 0.341 e. The van der Waals surface area contributed by atoms with Gasteiger partial charge in [0.2, 0.25) is 5.88 Å². The summed E-state index contributed by atoms with van der Waals surface area (Å²) < 4.78 is 35.8. The monoisotopic (exact) mass is 532 g/mol. The first-order chi connectivity index (χ1) is 15.9. The lowest BCUT2D eigenvalue weighted by atomic mass is 9.87. The van der Waals surface area contributed by atoms with Crippen molar-refractivity contribution in [2.75, 3.05) is 10.9 Å². The minimum Gasteiger partial charge on any atom is -0.482 e. The summed E-state index contributed by atoms with van der Waals surface area (Å²) in [7, 11) is 0. The van der Waals surface area contributed by atoms with Gasteiger partial charge in [0.1, 0.15) is 11.5 Å². The lowest BCUT2D eigenvalue weighted by Gasteiger charge is -2.35. The Morgan fingerprint density at radius 1 is 1.21 bits per heavy atom. The van der Waals surface area contributed by atoms with Crippen LogP contribution in [0.3, 0.4) is 0 Å². The van der Waals surface area contributed by atoms with Crippen LogP contribution in [0.2, 0.25) is 0 Å². The number of hydrogen-bond donors (Lipinski definition) is 2. The fourth-order valence-electron chi connectivity index (χ4n) is 3.90. The molecule has 0 spiro atoms. The Morgan fingerprint density at radius 3 is 2.70 bits per heavy atom. The van der Waals surface area contributed by atoms with Crippen molar-refractivity contribution in [2.24, 2.45) is 0 Å². The van der Waals surface area contributed by atoms with Crippen molar-refractivity contribution in [1.82, 2.24) is 4.98 Å². The molecule has 0 aliphatic heterocycles. The number of aliphatic carboxylic acids is 1. The molecular weight excluding hydrogens is 512 g/mol. The molecule has 8 nitrogen and oxygen atoms in total. The van der Waals surface area contributed by atoms with E-state index in [2.05, 4.69) is 20.9 Å². The molecule has 1 aliphatic rings. The van der Waals surface area contributed by atoms with Gasteiger partial charge in [-0.05, 0) is 70.6 Å². The Labute approximate surface area is 201 Å². The maximum atomic E-state index is 12.4. The number of aromatic nitrogens is 1. The van der Waals surface area contributed by atoms with Gasteiger partial charge in [0.05, 0.1) is 22.4 Å². The Hall–Kier alpha value is -2.95. The number of ether oxygens (including phenoxy) is 2. The van der Waals surface area contributed by atoms with Crippen LogP contribution in [-0.4, -0.2) is 31.4 Å². The lowest BCUT2D eigenvalue weighted by molar-refractivity contribution is -0.139. The zero-order chi connectivity index (χ0) is 23.4. The molecule has 0 radical (unpaired) electrons. The van der Waals surface area contributed by atoms with Gasteiger partial charge in [0.15, 0.2) is 6.61 Å². The van der Waals surface area contributed by atoms with E-state index in [1.807, 2.05) is 24.3 Å². The van der Waals surface area contributed by atoms with E-state index in [-0.39, 0.29) is 0 Å². The van der Waals surface area contributed by atoms with Crippen molar-refractivity contribution in [3.8, 4) is 17.4 Å². The quantitative estimate of drug-likeness (QED) is 0.387. The second-order valence-corrected chi connectivity index (χ2v) is 9.08. The van der Waals surface area contributed by atoms with E-state index in [1.54, 1.807) is 30.3 Å². The second-order valence-electron chi connectivity index (χ2n) is 7.37. The van der Waals surface area contributed by atoms with Gasteiger partial charge < -0.3 is 14.6 Å². The van der Waals surface area contributed by atoms with Gasteiger partial charge >= 0.3 is 5.97 Å². The Bertz CT molecular complexity index is 1180. The number of benzene rings is 2. The van der Waals surface area contributed by atoms with Crippen LogP contribution in [0.1, 0.15) is 30.0 Å². The molecular formula is C23H21BrN2O6S. The molecule has 0 amide bonds. The van der Waals surface area contributed by atoms with E-state index in [1.165, 1.54) is 10.5 Å². The first kappa shape index (κ1) is 23.2. The summed E-state index contributed by atoms with van der Waals surface area (Å²) in [5.41, 5.74) is 2.12. The van der Waals surface area contributed by atoms with E-state index in [0.717, 1.165) is 17.5 Å². The van der Waals surface area contributed by atoms with E-state index < -0.39 is 29.9 Å². The fraction of sp³-hybridized carbons (Fsp3) is 0.217. The SMILES string of the molecule is O=C(O)COc1cccc2c1CCCC2N(c1cnc(Oc2ccccc2)c(Br)c1)S(=O)O. The molecule has 0 fully saturated rings. The first-order valence-electron chi connectivity index (χ1n) is 10.2. The standard InChI is InChI=1S/C23H21BrN2O6S/c24-19-12-15(13-25-23(19)32-16-6-2-1-3-7-16)26(33(29)30)20-10-4-9-18-17(20)8-5-11-21(18)31-14-22(27)28/h1-3,5-8,11-13,20H,4,9-10,14H2,(H,27,28)(H,29,30). The number of carboxylic acid groups (broad SMARTS) is 1. The van der Waals surface area contributed by atoms with E-state index in [9.17, 15) is 13.6 Å². The highest BCUT2D eigenvalue weighted by Crippen LogP contribution is 2.42. The van der Waals surface area contributed by atoms with Gasteiger partial charge in [-0.25, -0.2) is 14.0 Å². The number of rotatable bonds is 8. The summed E-state index contributed by atoms with van der Waals surface area (Å²) >= 11 is 1.12. The number of para-hydroxylation sites is 1. The van der Waals surface area contributed by atoms with Crippen LogP contribution in [-0.2, 0) is 22.5 Å². The zero-order valence-corrected chi connectivity index (χ0v) is 19.8. The topological polar surface area (TPSA) is 109 Å². The highest BCUT2D eigenvalue weighted by Gasteiger charge is 2.32. The van der Waals surface area contributed by atoms with Gasteiger partial charge in [0, 0.05) is 0 Å².